The largest absolute Gasteiger partial charge is 0.379 e. The molecule has 1 aliphatic heterocycles. The average molecular weight is 371 g/mol. The number of rotatable bonds is 6. The molecule has 4 nitrogen and oxygen atoms in total. The number of aryl methyl sites for hydroxylation is 1. The van der Waals surface area contributed by atoms with Gasteiger partial charge in [-0.1, -0.05) is 36.4 Å². The Bertz CT molecular complexity index is 730. The molecule has 1 N–H and O–H groups in total. The van der Waals surface area contributed by atoms with Gasteiger partial charge in [-0.2, -0.15) is 0 Å². The summed E-state index contributed by atoms with van der Waals surface area (Å²) < 4.78 is 5.45. The molecule has 1 aliphatic rings. The maximum Gasteiger partial charge on any atom is 0.252 e. The first-order valence-electron chi connectivity index (χ1n) is 8.98. The zero-order valence-corrected chi connectivity index (χ0v) is 16.2. The third-order valence-corrected chi connectivity index (χ3v) is 5.47. The van der Waals surface area contributed by atoms with Crippen LogP contribution in [-0.4, -0.2) is 49.9 Å². The predicted octanol–water partition coefficient (Wildman–Crippen LogP) is 3.52. The molecule has 1 saturated heterocycles. The maximum absolute atomic E-state index is 13.0. The fourth-order valence-corrected chi connectivity index (χ4v) is 3.61. The van der Waals surface area contributed by atoms with Gasteiger partial charge in [0.1, 0.15) is 0 Å². The number of morpholine rings is 1. The molecule has 1 atom stereocenters. The topological polar surface area (TPSA) is 41.6 Å². The molecule has 1 heterocycles. The van der Waals surface area contributed by atoms with Gasteiger partial charge in [-0.15, -0.1) is 11.8 Å². The van der Waals surface area contributed by atoms with Crippen LogP contribution < -0.4 is 5.32 Å². The Balaban J connectivity index is 1.79. The van der Waals surface area contributed by atoms with Crippen molar-refractivity contribution in [2.75, 3.05) is 39.1 Å². The van der Waals surface area contributed by atoms with Crippen LogP contribution in [0.25, 0.3) is 0 Å². The molecule has 0 bridgehead atoms. The smallest absolute Gasteiger partial charge is 0.252 e. The average Bonchev–Trinajstić information content (AvgIpc) is 2.69. The van der Waals surface area contributed by atoms with Crippen LogP contribution in [-0.2, 0) is 4.74 Å². The van der Waals surface area contributed by atoms with E-state index in [1.165, 1.54) is 0 Å². The lowest BCUT2D eigenvalue weighted by Crippen LogP contribution is -2.43. The predicted molar refractivity (Wildman–Crippen MR) is 107 cm³/mol. The van der Waals surface area contributed by atoms with Crippen molar-refractivity contribution in [3.8, 4) is 0 Å². The van der Waals surface area contributed by atoms with E-state index in [-0.39, 0.29) is 11.9 Å². The van der Waals surface area contributed by atoms with Crippen molar-refractivity contribution in [2.45, 2.75) is 17.9 Å². The van der Waals surface area contributed by atoms with Crippen LogP contribution >= 0.6 is 11.8 Å². The van der Waals surface area contributed by atoms with Crippen LogP contribution in [0.15, 0.2) is 53.4 Å². The van der Waals surface area contributed by atoms with Gasteiger partial charge in [0.15, 0.2) is 0 Å². The normalized spacial score (nSPS) is 16.2. The van der Waals surface area contributed by atoms with Gasteiger partial charge in [0, 0.05) is 30.1 Å². The summed E-state index contributed by atoms with van der Waals surface area (Å²) in [5, 5.41) is 3.26. The summed E-state index contributed by atoms with van der Waals surface area (Å²) in [7, 11) is 0. The molecule has 2 aromatic rings. The second kappa shape index (κ2) is 9.21. The molecule has 0 radical (unpaired) electrons. The molecule has 2 aromatic carbocycles. The molecule has 0 aliphatic carbocycles. The van der Waals surface area contributed by atoms with Gasteiger partial charge in [-0.25, -0.2) is 0 Å². The molecule has 0 saturated carbocycles. The van der Waals surface area contributed by atoms with Gasteiger partial charge in [0.05, 0.1) is 19.3 Å². The highest BCUT2D eigenvalue weighted by atomic mass is 32.2. The summed E-state index contributed by atoms with van der Waals surface area (Å²) in [6.45, 7) is 6.09. The summed E-state index contributed by atoms with van der Waals surface area (Å²) in [6.07, 6.45) is 2.03. The zero-order chi connectivity index (χ0) is 18.4. The number of carbonyl (C=O) groups is 1. The van der Waals surface area contributed by atoms with E-state index in [0.717, 1.165) is 54.4 Å². The molecule has 3 rings (SSSR count). The first-order valence-corrected chi connectivity index (χ1v) is 10.2. The van der Waals surface area contributed by atoms with Crippen LogP contribution in [0.4, 0.5) is 0 Å². The van der Waals surface area contributed by atoms with Gasteiger partial charge in [-0.3, -0.25) is 9.69 Å². The Morgan fingerprint density at radius 1 is 1.19 bits per heavy atom. The molecule has 26 heavy (non-hydrogen) atoms. The van der Waals surface area contributed by atoms with Crippen LogP contribution in [0.1, 0.15) is 27.5 Å². The number of hydrogen-bond acceptors (Lipinski definition) is 4. The minimum absolute atomic E-state index is 0.0134. The minimum atomic E-state index is -0.0425. The SMILES string of the molecule is CSc1ccc(C)c(C(=O)NC(CN2CCOCC2)c2ccccc2)c1. The summed E-state index contributed by atoms with van der Waals surface area (Å²) in [5.41, 5.74) is 2.88. The van der Waals surface area contributed by atoms with Crippen molar-refractivity contribution >= 4 is 17.7 Å². The Kier molecular flexibility index (Phi) is 6.72. The summed E-state index contributed by atoms with van der Waals surface area (Å²) in [5.74, 6) is -0.0134. The molecule has 1 fully saturated rings. The number of benzene rings is 2. The van der Waals surface area contributed by atoms with Crippen molar-refractivity contribution in [3.63, 3.8) is 0 Å². The molecule has 138 valence electrons. The first-order chi connectivity index (χ1) is 12.7. The standard InChI is InChI=1S/C21H26N2O2S/c1-16-8-9-18(26-2)14-19(16)21(24)22-20(17-6-4-3-5-7-17)15-23-10-12-25-13-11-23/h3-9,14,20H,10-13,15H2,1-2H3,(H,22,24). The number of amides is 1. The van der Waals surface area contributed by atoms with E-state index in [9.17, 15) is 4.79 Å². The molecule has 1 unspecified atom stereocenters. The number of nitrogens with zero attached hydrogens (tertiary/aromatic N) is 1. The fourth-order valence-electron chi connectivity index (χ4n) is 3.17. The van der Waals surface area contributed by atoms with E-state index >= 15 is 0 Å². The lowest BCUT2D eigenvalue weighted by Gasteiger charge is -2.31. The van der Waals surface area contributed by atoms with Crippen molar-refractivity contribution in [2.24, 2.45) is 0 Å². The minimum Gasteiger partial charge on any atom is -0.379 e. The van der Waals surface area contributed by atoms with Crippen molar-refractivity contribution in [1.82, 2.24) is 10.2 Å². The third-order valence-electron chi connectivity index (χ3n) is 4.74. The van der Waals surface area contributed by atoms with E-state index in [0.29, 0.717) is 0 Å². The lowest BCUT2D eigenvalue weighted by atomic mass is 10.0. The molecule has 0 spiro atoms. The molecular formula is C21H26N2O2S. The lowest BCUT2D eigenvalue weighted by molar-refractivity contribution is 0.0332. The number of thioether (sulfide) groups is 1. The van der Waals surface area contributed by atoms with Gasteiger partial charge in [-0.05, 0) is 36.4 Å². The number of nitrogens with one attached hydrogen (secondary N) is 1. The van der Waals surface area contributed by atoms with E-state index in [1.807, 2.05) is 43.5 Å². The van der Waals surface area contributed by atoms with Gasteiger partial charge in [0.25, 0.3) is 5.91 Å². The Morgan fingerprint density at radius 2 is 1.92 bits per heavy atom. The highest BCUT2D eigenvalue weighted by Crippen LogP contribution is 2.21. The van der Waals surface area contributed by atoms with Crippen molar-refractivity contribution < 1.29 is 9.53 Å². The van der Waals surface area contributed by atoms with E-state index in [1.54, 1.807) is 11.8 Å². The first kappa shape index (κ1) is 19.0. The van der Waals surface area contributed by atoms with Crippen LogP contribution in [0, 0.1) is 6.92 Å². The maximum atomic E-state index is 13.0. The van der Waals surface area contributed by atoms with Crippen molar-refractivity contribution in [3.05, 3.63) is 65.2 Å². The third kappa shape index (κ3) is 4.87. The highest BCUT2D eigenvalue weighted by Gasteiger charge is 2.21. The van der Waals surface area contributed by atoms with Gasteiger partial charge >= 0.3 is 0 Å². The van der Waals surface area contributed by atoms with E-state index in [2.05, 4.69) is 28.4 Å². The summed E-state index contributed by atoms with van der Waals surface area (Å²) in [6, 6.07) is 16.2. The van der Waals surface area contributed by atoms with Gasteiger partial charge in [0.2, 0.25) is 0 Å². The number of ether oxygens (including phenoxy) is 1. The quantitative estimate of drug-likeness (QED) is 0.790. The zero-order valence-electron chi connectivity index (χ0n) is 15.4. The number of carbonyl (C=O) groups excluding carboxylic acids is 1. The monoisotopic (exact) mass is 370 g/mol. The fraction of sp³-hybridized carbons (Fsp3) is 0.381. The Hall–Kier alpha value is -1.82. The second-order valence-electron chi connectivity index (χ2n) is 6.53. The molecule has 5 heteroatoms. The second-order valence-corrected chi connectivity index (χ2v) is 7.41. The van der Waals surface area contributed by atoms with Crippen LogP contribution in [0.3, 0.4) is 0 Å². The van der Waals surface area contributed by atoms with Gasteiger partial charge < -0.3 is 10.1 Å². The van der Waals surface area contributed by atoms with E-state index in [4.69, 9.17) is 4.74 Å². The highest BCUT2D eigenvalue weighted by molar-refractivity contribution is 7.98. The van der Waals surface area contributed by atoms with Crippen LogP contribution in [0.5, 0.6) is 0 Å². The Morgan fingerprint density at radius 3 is 2.62 bits per heavy atom. The summed E-state index contributed by atoms with van der Waals surface area (Å²) >= 11 is 1.65. The Labute approximate surface area is 159 Å². The molecule has 1 amide bonds. The molecular weight excluding hydrogens is 344 g/mol. The number of hydrogen-bond donors (Lipinski definition) is 1. The van der Waals surface area contributed by atoms with Crippen LogP contribution in [0.2, 0.25) is 0 Å². The summed E-state index contributed by atoms with van der Waals surface area (Å²) in [4.78, 5) is 16.5. The van der Waals surface area contributed by atoms with Crippen molar-refractivity contribution in [1.29, 1.82) is 0 Å². The van der Waals surface area contributed by atoms with E-state index < -0.39 is 0 Å². The molecule has 0 aromatic heterocycles.